The molecule has 0 saturated carbocycles. The number of aliphatic imine (C=N–C) groups is 1. The van der Waals surface area contributed by atoms with E-state index in [4.69, 9.17) is 14.5 Å². The largest absolute Gasteiger partial charge is 0.375 e. The molecule has 4 rings (SSSR count). The Morgan fingerprint density at radius 2 is 2.00 bits per heavy atom. The van der Waals surface area contributed by atoms with Crippen molar-refractivity contribution in [2.24, 2.45) is 4.99 Å². The minimum atomic E-state index is 0. The topological polar surface area (TPSA) is 46.1 Å². The predicted molar refractivity (Wildman–Crippen MR) is 119 cm³/mol. The Morgan fingerprint density at radius 3 is 2.81 bits per heavy atom. The lowest BCUT2D eigenvalue weighted by atomic mass is 10.1. The number of rotatable bonds is 4. The van der Waals surface area contributed by atoms with Crippen LogP contribution < -0.4 is 5.32 Å². The SMILES string of the molecule is CCNC(=NCc1ccc2c(c1)CCC2)N1CCOC(C2CCCO2)C1.I. The van der Waals surface area contributed by atoms with E-state index in [-0.39, 0.29) is 36.2 Å². The summed E-state index contributed by atoms with van der Waals surface area (Å²) in [6, 6.07) is 6.89. The van der Waals surface area contributed by atoms with E-state index < -0.39 is 0 Å². The number of ether oxygens (including phenoxy) is 2. The molecule has 0 radical (unpaired) electrons. The highest BCUT2D eigenvalue weighted by Gasteiger charge is 2.32. The van der Waals surface area contributed by atoms with Gasteiger partial charge in [0.15, 0.2) is 5.96 Å². The second-order valence-corrected chi connectivity index (χ2v) is 7.53. The first-order valence-corrected chi connectivity index (χ1v) is 10.2. The first-order chi connectivity index (χ1) is 12.8. The summed E-state index contributed by atoms with van der Waals surface area (Å²) in [5, 5.41) is 3.47. The van der Waals surface area contributed by atoms with Gasteiger partial charge in [0.2, 0.25) is 0 Å². The molecule has 0 spiro atoms. The van der Waals surface area contributed by atoms with Crippen molar-refractivity contribution in [3.63, 3.8) is 0 Å². The van der Waals surface area contributed by atoms with E-state index >= 15 is 0 Å². The molecule has 5 nitrogen and oxygen atoms in total. The smallest absolute Gasteiger partial charge is 0.194 e. The quantitative estimate of drug-likeness (QED) is 0.405. The number of hydrogen-bond acceptors (Lipinski definition) is 3. The summed E-state index contributed by atoms with van der Waals surface area (Å²) in [7, 11) is 0. The van der Waals surface area contributed by atoms with E-state index in [9.17, 15) is 0 Å². The molecule has 6 heteroatoms. The van der Waals surface area contributed by atoms with Crippen LogP contribution in [0.1, 0.15) is 42.9 Å². The third-order valence-electron chi connectivity index (χ3n) is 5.68. The number of fused-ring (bicyclic) bond motifs is 1. The molecule has 0 aromatic heterocycles. The van der Waals surface area contributed by atoms with Crippen molar-refractivity contribution in [2.75, 3.05) is 32.8 Å². The van der Waals surface area contributed by atoms with Gasteiger partial charge in [0, 0.05) is 26.2 Å². The Morgan fingerprint density at radius 1 is 1.15 bits per heavy atom. The number of nitrogens with one attached hydrogen (secondary N) is 1. The lowest BCUT2D eigenvalue weighted by Gasteiger charge is -2.37. The van der Waals surface area contributed by atoms with Gasteiger partial charge in [0.25, 0.3) is 0 Å². The van der Waals surface area contributed by atoms with Gasteiger partial charge in [-0.15, -0.1) is 24.0 Å². The Bertz CT molecular complexity index is 646. The van der Waals surface area contributed by atoms with Crippen LogP contribution in [-0.2, 0) is 28.9 Å². The van der Waals surface area contributed by atoms with Gasteiger partial charge in [-0.05, 0) is 55.7 Å². The van der Waals surface area contributed by atoms with E-state index in [0.717, 1.165) is 58.2 Å². The van der Waals surface area contributed by atoms with Crippen LogP contribution in [0.25, 0.3) is 0 Å². The first-order valence-electron chi connectivity index (χ1n) is 10.2. The van der Waals surface area contributed by atoms with Crippen molar-refractivity contribution in [1.29, 1.82) is 0 Å². The lowest BCUT2D eigenvalue weighted by Crippen LogP contribution is -2.53. The Balaban J connectivity index is 0.00000210. The summed E-state index contributed by atoms with van der Waals surface area (Å²) in [5.74, 6) is 0.999. The van der Waals surface area contributed by atoms with Gasteiger partial charge in [0.05, 0.1) is 19.3 Å². The molecule has 0 amide bonds. The molecule has 27 heavy (non-hydrogen) atoms. The molecule has 2 atom stereocenters. The number of guanidine groups is 1. The minimum absolute atomic E-state index is 0. The summed E-state index contributed by atoms with van der Waals surface area (Å²) in [5.41, 5.74) is 4.36. The van der Waals surface area contributed by atoms with E-state index in [1.807, 2.05) is 0 Å². The molecule has 2 unspecified atom stereocenters. The molecule has 1 N–H and O–H groups in total. The molecule has 1 aromatic rings. The molecule has 2 aliphatic heterocycles. The summed E-state index contributed by atoms with van der Waals surface area (Å²) >= 11 is 0. The van der Waals surface area contributed by atoms with E-state index in [0.29, 0.717) is 0 Å². The predicted octanol–water partition coefficient (Wildman–Crippen LogP) is 3.14. The van der Waals surface area contributed by atoms with Gasteiger partial charge in [-0.25, -0.2) is 4.99 Å². The number of hydrogen-bond donors (Lipinski definition) is 1. The standard InChI is InChI=1S/C21H31N3O2.HI/c1-2-22-21(23-14-16-8-9-17-5-3-6-18(17)13-16)24-10-12-26-20(15-24)19-7-4-11-25-19;/h8-9,13,19-20H,2-7,10-12,14-15H2,1H3,(H,22,23);1H. The number of halogens is 1. The van der Waals surface area contributed by atoms with Crippen LogP contribution >= 0.6 is 24.0 Å². The Hall–Kier alpha value is -0.860. The summed E-state index contributed by atoms with van der Waals surface area (Å²) < 4.78 is 11.8. The van der Waals surface area contributed by atoms with Crippen LogP contribution in [0.15, 0.2) is 23.2 Å². The fourth-order valence-electron chi connectivity index (χ4n) is 4.30. The van der Waals surface area contributed by atoms with E-state index in [1.165, 1.54) is 36.0 Å². The first kappa shape index (κ1) is 20.9. The highest BCUT2D eigenvalue weighted by atomic mass is 127. The van der Waals surface area contributed by atoms with Crippen LogP contribution in [-0.4, -0.2) is 55.9 Å². The van der Waals surface area contributed by atoms with Crippen molar-refractivity contribution in [3.05, 3.63) is 34.9 Å². The Kier molecular flexibility index (Phi) is 7.78. The second kappa shape index (κ2) is 10.1. The molecule has 1 aliphatic carbocycles. The zero-order valence-corrected chi connectivity index (χ0v) is 18.6. The Labute approximate surface area is 179 Å². The van der Waals surface area contributed by atoms with Gasteiger partial charge in [0.1, 0.15) is 6.10 Å². The minimum Gasteiger partial charge on any atom is -0.375 e. The maximum absolute atomic E-state index is 5.98. The lowest BCUT2D eigenvalue weighted by molar-refractivity contribution is -0.0817. The molecule has 2 saturated heterocycles. The number of nitrogens with zero attached hydrogens (tertiary/aromatic N) is 2. The normalized spacial score (nSPS) is 25.2. The van der Waals surface area contributed by atoms with Gasteiger partial charge in [-0.1, -0.05) is 18.2 Å². The molecule has 0 bridgehead atoms. The van der Waals surface area contributed by atoms with Crippen molar-refractivity contribution < 1.29 is 9.47 Å². The average Bonchev–Trinajstić information content (AvgIpc) is 3.36. The second-order valence-electron chi connectivity index (χ2n) is 7.53. The monoisotopic (exact) mass is 485 g/mol. The molecular weight excluding hydrogens is 453 g/mol. The summed E-state index contributed by atoms with van der Waals surface area (Å²) in [4.78, 5) is 7.27. The zero-order chi connectivity index (χ0) is 17.8. The van der Waals surface area contributed by atoms with Gasteiger partial charge < -0.3 is 19.7 Å². The molecule has 150 valence electrons. The van der Waals surface area contributed by atoms with Crippen LogP contribution in [0.4, 0.5) is 0 Å². The van der Waals surface area contributed by atoms with Gasteiger partial charge in [-0.3, -0.25) is 0 Å². The third-order valence-corrected chi connectivity index (χ3v) is 5.68. The highest BCUT2D eigenvalue weighted by molar-refractivity contribution is 14.0. The van der Waals surface area contributed by atoms with Gasteiger partial charge >= 0.3 is 0 Å². The summed E-state index contributed by atoms with van der Waals surface area (Å²) in [6.45, 7) is 7.11. The molecule has 1 aromatic carbocycles. The van der Waals surface area contributed by atoms with Crippen molar-refractivity contribution in [2.45, 2.75) is 57.8 Å². The maximum atomic E-state index is 5.98. The van der Waals surface area contributed by atoms with Crippen molar-refractivity contribution >= 4 is 29.9 Å². The van der Waals surface area contributed by atoms with Crippen LogP contribution in [0.2, 0.25) is 0 Å². The van der Waals surface area contributed by atoms with E-state index in [1.54, 1.807) is 0 Å². The van der Waals surface area contributed by atoms with Crippen molar-refractivity contribution in [1.82, 2.24) is 10.2 Å². The van der Waals surface area contributed by atoms with Gasteiger partial charge in [-0.2, -0.15) is 0 Å². The number of morpholine rings is 1. The van der Waals surface area contributed by atoms with Crippen molar-refractivity contribution in [3.8, 4) is 0 Å². The molecule has 3 aliphatic rings. The van der Waals surface area contributed by atoms with Crippen LogP contribution in [0.5, 0.6) is 0 Å². The average molecular weight is 485 g/mol. The zero-order valence-electron chi connectivity index (χ0n) is 16.3. The van der Waals surface area contributed by atoms with E-state index in [2.05, 4.69) is 35.3 Å². The number of aryl methyl sites for hydroxylation is 2. The molecular formula is C21H32IN3O2. The number of benzene rings is 1. The fraction of sp³-hybridized carbons (Fsp3) is 0.667. The highest BCUT2D eigenvalue weighted by Crippen LogP contribution is 2.23. The maximum Gasteiger partial charge on any atom is 0.194 e. The fourth-order valence-corrected chi connectivity index (χ4v) is 4.30. The molecule has 2 heterocycles. The van der Waals surface area contributed by atoms with Crippen LogP contribution in [0.3, 0.4) is 0 Å². The summed E-state index contributed by atoms with van der Waals surface area (Å²) in [6.07, 6.45) is 6.42. The van der Waals surface area contributed by atoms with Crippen LogP contribution in [0, 0.1) is 0 Å². The molecule has 2 fully saturated rings. The third kappa shape index (κ3) is 5.15.